The summed E-state index contributed by atoms with van der Waals surface area (Å²) in [5.41, 5.74) is 1.86. The van der Waals surface area contributed by atoms with Gasteiger partial charge in [-0.15, -0.1) is 10.2 Å². The van der Waals surface area contributed by atoms with Crippen LogP contribution < -0.4 is 10.2 Å². The van der Waals surface area contributed by atoms with E-state index in [0.29, 0.717) is 38.5 Å². The summed E-state index contributed by atoms with van der Waals surface area (Å²) in [4.78, 5) is 32.4. The summed E-state index contributed by atoms with van der Waals surface area (Å²) >= 11 is 2.86. The van der Waals surface area contributed by atoms with E-state index in [1.807, 2.05) is 33.7 Å². The molecule has 0 saturated carbocycles. The summed E-state index contributed by atoms with van der Waals surface area (Å²) in [5, 5.41) is 11.8. The van der Waals surface area contributed by atoms with Crippen molar-refractivity contribution in [3.63, 3.8) is 0 Å². The molecule has 1 aromatic carbocycles. The molecular weight excluding hydrogens is 410 g/mol. The van der Waals surface area contributed by atoms with Gasteiger partial charge in [0.1, 0.15) is 6.54 Å². The van der Waals surface area contributed by atoms with Crippen molar-refractivity contribution in [1.82, 2.24) is 30.0 Å². The number of hydrogen-bond donors (Lipinski definition) is 1. The highest BCUT2D eigenvalue weighted by Gasteiger charge is 2.24. The van der Waals surface area contributed by atoms with Gasteiger partial charge >= 0.3 is 0 Å². The Morgan fingerprint density at radius 1 is 1.17 bits per heavy atom. The fourth-order valence-electron chi connectivity index (χ4n) is 3.12. The highest BCUT2D eigenvalue weighted by molar-refractivity contribution is 8.01. The first kappa shape index (κ1) is 19.6. The molecule has 3 heterocycles. The number of para-hydroxylation sites is 2. The van der Waals surface area contributed by atoms with Gasteiger partial charge in [0.2, 0.25) is 16.9 Å². The summed E-state index contributed by atoms with van der Waals surface area (Å²) in [6, 6.07) is 7.81. The van der Waals surface area contributed by atoms with Crippen LogP contribution in [0.5, 0.6) is 0 Å². The van der Waals surface area contributed by atoms with Gasteiger partial charge in [0.05, 0.1) is 23.1 Å². The molecule has 2 amide bonds. The molecule has 1 aliphatic heterocycles. The SMILES string of the molecule is CNC(=O)CSc1nnc(N2CCN(C(=O)Cn3cnc4ccccc43)CC2)s1. The lowest BCUT2D eigenvalue weighted by Gasteiger charge is -2.34. The molecule has 0 radical (unpaired) electrons. The first-order chi connectivity index (χ1) is 14.1. The zero-order chi connectivity index (χ0) is 20.2. The molecule has 29 heavy (non-hydrogen) atoms. The number of aromatic nitrogens is 4. The van der Waals surface area contributed by atoms with Crippen LogP contribution in [0, 0.1) is 0 Å². The van der Waals surface area contributed by atoms with Crippen molar-refractivity contribution < 1.29 is 9.59 Å². The maximum atomic E-state index is 12.7. The van der Waals surface area contributed by atoms with Gasteiger partial charge in [-0.2, -0.15) is 0 Å². The number of carbonyl (C=O) groups is 2. The zero-order valence-corrected chi connectivity index (χ0v) is 17.6. The van der Waals surface area contributed by atoms with Crippen LogP contribution in [0.3, 0.4) is 0 Å². The second-order valence-electron chi connectivity index (χ2n) is 6.54. The Kier molecular flexibility index (Phi) is 5.95. The molecule has 1 N–H and O–H groups in total. The quantitative estimate of drug-likeness (QED) is 0.583. The number of carbonyl (C=O) groups excluding carboxylic acids is 2. The van der Waals surface area contributed by atoms with Gasteiger partial charge in [-0.3, -0.25) is 9.59 Å². The first-order valence-corrected chi connectivity index (χ1v) is 11.0. The minimum atomic E-state index is -0.0375. The number of nitrogens with zero attached hydrogens (tertiary/aromatic N) is 6. The first-order valence-electron chi connectivity index (χ1n) is 9.23. The highest BCUT2D eigenvalue weighted by Crippen LogP contribution is 2.28. The topological polar surface area (TPSA) is 96.3 Å². The Bertz CT molecular complexity index is 1010. The number of hydrogen-bond acceptors (Lipinski definition) is 8. The van der Waals surface area contributed by atoms with Crippen LogP contribution in [0.1, 0.15) is 0 Å². The lowest BCUT2D eigenvalue weighted by Crippen LogP contribution is -2.49. The number of amides is 2. The Hall–Kier alpha value is -2.66. The van der Waals surface area contributed by atoms with Crippen molar-refractivity contribution in [3.05, 3.63) is 30.6 Å². The molecule has 0 atom stereocenters. The number of imidazole rings is 1. The van der Waals surface area contributed by atoms with Crippen LogP contribution in [-0.2, 0) is 16.1 Å². The van der Waals surface area contributed by atoms with Crippen molar-refractivity contribution in [2.75, 3.05) is 43.9 Å². The molecule has 1 fully saturated rings. The lowest BCUT2D eigenvalue weighted by atomic mass is 10.3. The molecule has 0 unspecified atom stereocenters. The van der Waals surface area contributed by atoms with Crippen LogP contribution in [0.15, 0.2) is 34.9 Å². The van der Waals surface area contributed by atoms with Crippen LogP contribution in [0.4, 0.5) is 5.13 Å². The van der Waals surface area contributed by atoms with E-state index in [2.05, 4.69) is 25.4 Å². The van der Waals surface area contributed by atoms with Crippen LogP contribution in [0.2, 0.25) is 0 Å². The zero-order valence-electron chi connectivity index (χ0n) is 15.9. The number of rotatable bonds is 6. The van der Waals surface area contributed by atoms with E-state index in [1.165, 1.54) is 23.1 Å². The summed E-state index contributed by atoms with van der Waals surface area (Å²) in [7, 11) is 1.62. The number of piperazine rings is 1. The third-order valence-electron chi connectivity index (χ3n) is 4.74. The average molecular weight is 432 g/mol. The monoisotopic (exact) mass is 431 g/mol. The molecule has 2 aromatic heterocycles. The van der Waals surface area contributed by atoms with E-state index < -0.39 is 0 Å². The Morgan fingerprint density at radius 2 is 1.97 bits per heavy atom. The van der Waals surface area contributed by atoms with Crippen molar-refractivity contribution in [2.24, 2.45) is 0 Å². The summed E-state index contributed by atoms with van der Waals surface area (Å²) in [6.45, 7) is 3.01. The normalized spacial score (nSPS) is 14.4. The second-order valence-corrected chi connectivity index (χ2v) is 8.72. The minimum absolute atomic E-state index is 0.0375. The molecule has 1 saturated heterocycles. The summed E-state index contributed by atoms with van der Waals surface area (Å²) in [6.07, 6.45) is 1.72. The number of fused-ring (bicyclic) bond motifs is 1. The molecule has 4 rings (SSSR count). The Morgan fingerprint density at radius 3 is 2.76 bits per heavy atom. The maximum Gasteiger partial charge on any atom is 0.242 e. The molecule has 1 aliphatic rings. The number of benzene rings is 1. The van der Waals surface area contributed by atoms with Gasteiger partial charge in [0.25, 0.3) is 0 Å². The van der Waals surface area contributed by atoms with Crippen molar-refractivity contribution >= 4 is 51.1 Å². The van der Waals surface area contributed by atoms with E-state index in [4.69, 9.17) is 0 Å². The molecule has 0 aliphatic carbocycles. The minimum Gasteiger partial charge on any atom is -0.358 e. The fourth-order valence-corrected chi connectivity index (χ4v) is 4.88. The van der Waals surface area contributed by atoms with Gasteiger partial charge in [-0.05, 0) is 12.1 Å². The summed E-state index contributed by atoms with van der Waals surface area (Å²) in [5.74, 6) is 0.382. The van der Waals surface area contributed by atoms with Gasteiger partial charge in [-0.1, -0.05) is 35.2 Å². The Balaban J connectivity index is 1.30. The van der Waals surface area contributed by atoms with Crippen molar-refractivity contribution in [2.45, 2.75) is 10.9 Å². The average Bonchev–Trinajstić information content (AvgIpc) is 3.40. The van der Waals surface area contributed by atoms with E-state index in [0.717, 1.165) is 20.5 Å². The van der Waals surface area contributed by atoms with E-state index in [1.54, 1.807) is 13.4 Å². The molecular formula is C18H21N7O2S2. The van der Waals surface area contributed by atoms with Gasteiger partial charge in [0.15, 0.2) is 4.34 Å². The third-order valence-corrected chi connectivity index (χ3v) is 6.85. The smallest absolute Gasteiger partial charge is 0.242 e. The number of thioether (sulfide) groups is 1. The molecule has 3 aromatic rings. The fraction of sp³-hybridized carbons (Fsp3) is 0.389. The van der Waals surface area contributed by atoms with E-state index in [-0.39, 0.29) is 11.8 Å². The molecule has 0 bridgehead atoms. The summed E-state index contributed by atoms with van der Waals surface area (Å²) < 4.78 is 2.67. The van der Waals surface area contributed by atoms with E-state index in [9.17, 15) is 9.59 Å². The molecule has 152 valence electrons. The Labute approximate surface area is 176 Å². The van der Waals surface area contributed by atoms with Crippen molar-refractivity contribution in [1.29, 1.82) is 0 Å². The van der Waals surface area contributed by atoms with Crippen molar-refractivity contribution in [3.8, 4) is 0 Å². The predicted octanol–water partition coefficient (Wildman–Crippen LogP) is 1.07. The lowest BCUT2D eigenvalue weighted by molar-refractivity contribution is -0.132. The molecule has 0 spiro atoms. The largest absolute Gasteiger partial charge is 0.358 e. The predicted molar refractivity (Wildman–Crippen MR) is 113 cm³/mol. The van der Waals surface area contributed by atoms with E-state index >= 15 is 0 Å². The maximum absolute atomic E-state index is 12.7. The molecule has 9 nitrogen and oxygen atoms in total. The van der Waals surface area contributed by atoms with Crippen LogP contribution >= 0.6 is 23.1 Å². The number of anilines is 1. The standard InChI is InChI=1S/C18H21N7O2S2/c1-19-15(26)11-28-18-22-21-17(29-18)24-8-6-23(7-9-24)16(27)10-25-12-20-13-4-2-3-5-14(13)25/h2-5,12H,6-11H2,1H3,(H,19,26). The molecule has 11 heteroatoms. The van der Waals surface area contributed by atoms with Crippen LogP contribution in [-0.4, -0.2) is 75.4 Å². The van der Waals surface area contributed by atoms with Gasteiger partial charge in [-0.25, -0.2) is 4.98 Å². The second kappa shape index (κ2) is 8.78. The van der Waals surface area contributed by atoms with Gasteiger partial charge < -0.3 is 19.7 Å². The van der Waals surface area contributed by atoms with Gasteiger partial charge in [0, 0.05) is 33.2 Å². The third kappa shape index (κ3) is 4.51. The number of nitrogens with one attached hydrogen (secondary N) is 1. The van der Waals surface area contributed by atoms with Crippen LogP contribution in [0.25, 0.3) is 11.0 Å². The highest BCUT2D eigenvalue weighted by atomic mass is 32.2.